The van der Waals surface area contributed by atoms with Crippen molar-refractivity contribution >= 4 is 5.97 Å². The molecule has 0 bridgehead atoms. The molecule has 0 amide bonds. The summed E-state index contributed by atoms with van der Waals surface area (Å²) in [7, 11) is 0. The number of carboxylic acids is 1. The van der Waals surface area contributed by atoms with E-state index in [4.69, 9.17) is 9.90 Å². The standard InChI is InChI=1S/C29H50N2O.C2H4O2/c1-27-17-15-25-23(24(27)13-14-26(27)32)12-11-22-10-9-16-29(28(22,25)2,30-18-5-3-6-19-30)31-20-7-4-8-21-31;1-2(3)4/h22-26,32H,3-21H2,1-2H3;1H3,(H,3,4)/t22-,23+,24+,25+,26+,27+,28+;/m1./s1. The third kappa shape index (κ3) is 4.18. The van der Waals surface area contributed by atoms with Gasteiger partial charge in [0.15, 0.2) is 0 Å². The van der Waals surface area contributed by atoms with Gasteiger partial charge in [-0.2, -0.15) is 0 Å². The molecular formula is C31H54N2O3. The number of nitrogens with zero attached hydrogens (tertiary/aromatic N) is 2. The Morgan fingerprint density at radius 1 is 0.722 bits per heavy atom. The van der Waals surface area contributed by atoms with Crippen molar-refractivity contribution in [2.45, 2.75) is 129 Å². The molecule has 6 aliphatic rings. The van der Waals surface area contributed by atoms with E-state index in [1.54, 1.807) is 0 Å². The SMILES string of the molecule is CC(=O)O.C[C@]12CC[C@H]3[C@@H](CC[C@H]4CCCC(N5CCCCC5)(N5CCCCC5)[C@@]43C)[C@@H]1CC[C@@H]2O. The van der Waals surface area contributed by atoms with Crippen LogP contribution in [0, 0.1) is 34.5 Å². The monoisotopic (exact) mass is 502 g/mol. The maximum Gasteiger partial charge on any atom is 0.300 e. The number of hydrogen-bond acceptors (Lipinski definition) is 4. The molecule has 0 aromatic heterocycles. The van der Waals surface area contributed by atoms with Crippen LogP contribution in [0.5, 0.6) is 0 Å². The largest absolute Gasteiger partial charge is 0.481 e. The van der Waals surface area contributed by atoms with Gasteiger partial charge in [-0.15, -0.1) is 0 Å². The van der Waals surface area contributed by atoms with E-state index in [1.807, 2.05) is 0 Å². The highest BCUT2D eigenvalue weighted by Gasteiger charge is 2.68. The Morgan fingerprint density at radius 3 is 1.89 bits per heavy atom. The molecule has 0 aromatic rings. The highest BCUT2D eigenvalue weighted by atomic mass is 16.4. The number of carbonyl (C=O) groups is 1. The maximum atomic E-state index is 11.0. The maximum absolute atomic E-state index is 11.0. The van der Waals surface area contributed by atoms with E-state index in [0.29, 0.717) is 11.1 Å². The van der Waals surface area contributed by atoms with Gasteiger partial charge >= 0.3 is 0 Å². The van der Waals surface area contributed by atoms with Crippen LogP contribution in [-0.4, -0.2) is 63.9 Å². The highest BCUT2D eigenvalue weighted by molar-refractivity contribution is 5.62. The molecule has 2 aliphatic heterocycles. The first-order valence-corrected chi connectivity index (χ1v) is 15.6. The van der Waals surface area contributed by atoms with E-state index >= 15 is 0 Å². The molecule has 5 heteroatoms. The zero-order chi connectivity index (χ0) is 25.6. The van der Waals surface area contributed by atoms with Gasteiger partial charge in [0.1, 0.15) is 0 Å². The molecule has 4 saturated carbocycles. The number of aliphatic hydroxyl groups excluding tert-OH is 1. The lowest BCUT2D eigenvalue weighted by Crippen LogP contribution is -2.76. The molecule has 2 saturated heterocycles. The van der Waals surface area contributed by atoms with Crippen LogP contribution in [0.25, 0.3) is 0 Å². The lowest BCUT2D eigenvalue weighted by molar-refractivity contribution is -0.252. The summed E-state index contributed by atoms with van der Waals surface area (Å²) in [4.78, 5) is 15.2. The fraction of sp³-hybridized carbons (Fsp3) is 0.968. The van der Waals surface area contributed by atoms with E-state index in [1.165, 1.54) is 116 Å². The van der Waals surface area contributed by atoms with E-state index in [-0.39, 0.29) is 11.5 Å². The number of rotatable bonds is 2. The fourth-order valence-electron chi connectivity index (χ4n) is 11.1. The van der Waals surface area contributed by atoms with Gasteiger partial charge in [0.25, 0.3) is 5.97 Å². The summed E-state index contributed by atoms with van der Waals surface area (Å²) in [6, 6.07) is 0. The van der Waals surface area contributed by atoms with Gasteiger partial charge in [-0.1, -0.05) is 26.7 Å². The summed E-state index contributed by atoms with van der Waals surface area (Å²) >= 11 is 0. The Balaban J connectivity index is 0.000000623. The molecule has 0 radical (unpaired) electrons. The average Bonchev–Trinajstić information content (AvgIpc) is 3.18. The van der Waals surface area contributed by atoms with Crippen molar-refractivity contribution in [3.8, 4) is 0 Å². The van der Waals surface area contributed by atoms with Crippen LogP contribution < -0.4 is 0 Å². The number of hydrogen-bond donors (Lipinski definition) is 2. The number of likely N-dealkylation sites (tertiary alicyclic amines) is 2. The molecule has 2 heterocycles. The summed E-state index contributed by atoms with van der Waals surface area (Å²) in [5.41, 5.74) is 0.945. The van der Waals surface area contributed by atoms with Gasteiger partial charge in [0.05, 0.1) is 11.8 Å². The van der Waals surface area contributed by atoms with Crippen molar-refractivity contribution in [2.24, 2.45) is 34.5 Å². The molecule has 0 spiro atoms. The lowest BCUT2D eigenvalue weighted by Gasteiger charge is -2.72. The van der Waals surface area contributed by atoms with Crippen LogP contribution in [0.15, 0.2) is 0 Å². The van der Waals surface area contributed by atoms with Crippen LogP contribution in [0.4, 0.5) is 0 Å². The summed E-state index contributed by atoms with van der Waals surface area (Å²) in [5.74, 6) is 2.58. The number of piperidine rings is 2. The summed E-state index contributed by atoms with van der Waals surface area (Å²) in [6.07, 6.45) is 20.8. The average molecular weight is 503 g/mol. The van der Waals surface area contributed by atoms with Gasteiger partial charge in [0.2, 0.25) is 0 Å². The molecule has 7 atom stereocenters. The Labute approximate surface area is 220 Å². The Kier molecular flexibility index (Phi) is 7.85. The lowest BCUT2D eigenvalue weighted by atomic mass is 9.42. The Hall–Kier alpha value is -0.650. The predicted octanol–water partition coefficient (Wildman–Crippen LogP) is 6.15. The van der Waals surface area contributed by atoms with Gasteiger partial charge in [-0.25, -0.2) is 0 Å². The molecule has 6 rings (SSSR count). The van der Waals surface area contributed by atoms with Crippen molar-refractivity contribution in [1.82, 2.24) is 9.80 Å². The quantitative estimate of drug-likeness (QED) is 0.474. The topological polar surface area (TPSA) is 64.0 Å². The van der Waals surface area contributed by atoms with Crippen LogP contribution in [-0.2, 0) is 4.79 Å². The van der Waals surface area contributed by atoms with E-state index in [0.717, 1.165) is 37.0 Å². The van der Waals surface area contributed by atoms with Crippen molar-refractivity contribution in [3.05, 3.63) is 0 Å². The number of carboxylic acid groups (broad SMARTS) is 1. The third-order valence-electron chi connectivity index (χ3n) is 12.6. The zero-order valence-electron chi connectivity index (χ0n) is 23.5. The van der Waals surface area contributed by atoms with E-state index in [9.17, 15) is 5.11 Å². The molecule has 36 heavy (non-hydrogen) atoms. The van der Waals surface area contributed by atoms with E-state index < -0.39 is 5.97 Å². The Bertz CT molecular complexity index is 754. The summed E-state index contributed by atoms with van der Waals surface area (Å²) < 4.78 is 0. The van der Waals surface area contributed by atoms with Gasteiger partial charge < -0.3 is 10.2 Å². The van der Waals surface area contributed by atoms with Gasteiger partial charge in [0, 0.05) is 12.3 Å². The first-order valence-electron chi connectivity index (χ1n) is 15.6. The minimum Gasteiger partial charge on any atom is -0.481 e. The van der Waals surface area contributed by atoms with Crippen molar-refractivity contribution in [2.75, 3.05) is 26.2 Å². The van der Waals surface area contributed by atoms with Crippen molar-refractivity contribution in [3.63, 3.8) is 0 Å². The Morgan fingerprint density at radius 2 is 1.31 bits per heavy atom. The smallest absolute Gasteiger partial charge is 0.300 e. The first-order chi connectivity index (χ1) is 17.2. The second-order valence-corrected chi connectivity index (χ2v) is 13.9. The molecular weight excluding hydrogens is 448 g/mol. The molecule has 2 N–H and O–H groups in total. The highest BCUT2D eigenvalue weighted by Crippen LogP contribution is 2.69. The number of fused-ring (bicyclic) bond motifs is 5. The summed E-state index contributed by atoms with van der Waals surface area (Å²) in [5, 5.41) is 18.4. The fourth-order valence-corrected chi connectivity index (χ4v) is 11.1. The van der Waals surface area contributed by atoms with E-state index in [2.05, 4.69) is 23.6 Å². The normalized spacial score (nSPS) is 44.9. The molecule has 6 fully saturated rings. The van der Waals surface area contributed by atoms with Crippen LogP contribution in [0.1, 0.15) is 117 Å². The predicted molar refractivity (Wildman–Crippen MR) is 145 cm³/mol. The van der Waals surface area contributed by atoms with Gasteiger partial charge in [-0.3, -0.25) is 14.6 Å². The van der Waals surface area contributed by atoms with Crippen LogP contribution >= 0.6 is 0 Å². The van der Waals surface area contributed by atoms with Crippen LogP contribution in [0.2, 0.25) is 0 Å². The first kappa shape index (κ1) is 26.9. The van der Waals surface area contributed by atoms with Gasteiger partial charge in [-0.05, 0) is 139 Å². The molecule has 0 unspecified atom stereocenters. The number of aliphatic carboxylic acids is 1. The second-order valence-electron chi connectivity index (χ2n) is 13.9. The summed E-state index contributed by atoms with van der Waals surface area (Å²) in [6.45, 7) is 11.7. The minimum atomic E-state index is -0.833. The number of aliphatic hydroxyl groups is 1. The molecule has 5 nitrogen and oxygen atoms in total. The molecule has 4 aliphatic carbocycles. The van der Waals surface area contributed by atoms with Crippen molar-refractivity contribution in [1.29, 1.82) is 0 Å². The molecule has 0 aromatic carbocycles. The van der Waals surface area contributed by atoms with Crippen molar-refractivity contribution < 1.29 is 15.0 Å². The second kappa shape index (κ2) is 10.5. The van der Waals surface area contributed by atoms with Crippen LogP contribution in [0.3, 0.4) is 0 Å². The minimum absolute atomic E-state index is 0.0423. The zero-order valence-corrected chi connectivity index (χ0v) is 23.5. The molecule has 206 valence electrons. The third-order valence-corrected chi connectivity index (χ3v) is 12.6.